The third-order valence-corrected chi connectivity index (χ3v) is 8.15. The van der Waals surface area contributed by atoms with Gasteiger partial charge in [-0.3, -0.25) is 14.4 Å². The van der Waals surface area contributed by atoms with Crippen molar-refractivity contribution in [1.82, 2.24) is 30.3 Å². The van der Waals surface area contributed by atoms with Crippen LogP contribution in [0.3, 0.4) is 0 Å². The minimum absolute atomic E-state index is 0.0494. The van der Waals surface area contributed by atoms with E-state index in [0.29, 0.717) is 77.8 Å². The van der Waals surface area contributed by atoms with E-state index >= 15 is 0 Å². The molecule has 2 N–H and O–H groups in total. The van der Waals surface area contributed by atoms with Gasteiger partial charge in [0.05, 0.1) is 25.6 Å². The van der Waals surface area contributed by atoms with Gasteiger partial charge in [-0.15, -0.1) is 0 Å². The molecule has 0 saturated heterocycles. The average molecular weight is 659 g/mol. The summed E-state index contributed by atoms with van der Waals surface area (Å²) >= 11 is 6.51. The van der Waals surface area contributed by atoms with Gasteiger partial charge in [-0.2, -0.15) is 5.10 Å². The van der Waals surface area contributed by atoms with Gasteiger partial charge in [-0.05, 0) is 43.2 Å². The summed E-state index contributed by atoms with van der Waals surface area (Å²) in [7, 11) is 0. The van der Waals surface area contributed by atoms with Gasteiger partial charge >= 0.3 is 0 Å². The van der Waals surface area contributed by atoms with Gasteiger partial charge in [0.2, 0.25) is 11.8 Å². The Hall–Kier alpha value is -5.10. The number of halogens is 1. The zero-order chi connectivity index (χ0) is 32.8. The Kier molecular flexibility index (Phi) is 9.86. The number of carbonyl (C=O) groups excluding carboxylic acids is 3. The van der Waals surface area contributed by atoms with Crippen molar-refractivity contribution in [2.75, 3.05) is 39.5 Å². The van der Waals surface area contributed by atoms with E-state index in [0.717, 1.165) is 5.56 Å². The molecule has 2 bridgehead atoms. The summed E-state index contributed by atoms with van der Waals surface area (Å²) in [6.45, 7) is 3.55. The zero-order valence-corrected chi connectivity index (χ0v) is 26.7. The molecule has 1 atom stereocenters. The van der Waals surface area contributed by atoms with E-state index in [1.165, 1.54) is 4.90 Å². The van der Waals surface area contributed by atoms with Crippen LogP contribution in [-0.2, 0) is 22.6 Å². The zero-order valence-electron chi connectivity index (χ0n) is 25.9. The highest BCUT2D eigenvalue weighted by Crippen LogP contribution is 2.35. The SMILES string of the molecule is C[C@@H]1NC(=O)CN(C(=O)Cc2cc3c(cc2Cl)OCCO3)CCCNC(=O)c2cccc(c2)OCCn2nc(-c3ccccc3)nc21. The van der Waals surface area contributed by atoms with Crippen LogP contribution < -0.4 is 24.8 Å². The van der Waals surface area contributed by atoms with E-state index < -0.39 is 6.04 Å². The van der Waals surface area contributed by atoms with Crippen LogP contribution in [0.4, 0.5) is 0 Å². The Balaban J connectivity index is 1.25. The second-order valence-corrected chi connectivity index (χ2v) is 11.6. The number of fused-ring (bicyclic) bond motifs is 4. The second kappa shape index (κ2) is 14.5. The lowest BCUT2D eigenvalue weighted by Crippen LogP contribution is -2.43. The molecule has 4 aromatic rings. The summed E-state index contributed by atoms with van der Waals surface area (Å²) in [4.78, 5) is 46.2. The molecule has 0 radical (unpaired) electrons. The highest BCUT2D eigenvalue weighted by Gasteiger charge is 2.24. The number of hydrogen-bond donors (Lipinski definition) is 2. The molecule has 0 spiro atoms. The van der Waals surface area contributed by atoms with E-state index in [9.17, 15) is 14.4 Å². The molecule has 0 aliphatic carbocycles. The first kappa shape index (κ1) is 31.9. The summed E-state index contributed by atoms with van der Waals surface area (Å²) in [5.41, 5.74) is 1.84. The molecule has 0 saturated carbocycles. The lowest BCUT2D eigenvalue weighted by Gasteiger charge is -2.25. The van der Waals surface area contributed by atoms with Crippen molar-refractivity contribution in [3.63, 3.8) is 0 Å². The molecule has 0 unspecified atom stereocenters. The standard InChI is InChI=1S/C34H35ClN6O6/c1-22-33-38-32(23-7-3-2-4-8-23)39-41(33)13-14-45-26-10-5-9-24(17-26)34(44)36-11-6-12-40(21-30(42)37-22)31(43)19-25-18-28-29(20-27(25)35)47-16-15-46-28/h2-5,7-10,17-18,20,22H,6,11-16,19,21H2,1H3,(H,36,44)(H,37,42)/t22-/m0/s1. The minimum atomic E-state index is -0.529. The normalized spacial score (nSPS) is 17.3. The number of benzene rings is 3. The summed E-state index contributed by atoms with van der Waals surface area (Å²) in [6.07, 6.45) is 0.367. The Morgan fingerprint density at radius 1 is 0.936 bits per heavy atom. The number of nitrogens with one attached hydrogen (secondary N) is 2. The molecule has 6 rings (SSSR count). The third-order valence-electron chi connectivity index (χ3n) is 7.80. The predicted octanol–water partition coefficient (Wildman–Crippen LogP) is 3.83. The highest BCUT2D eigenvalue weighted by atomic mass is 35.5. The number of amides is 3. The van der Waals surface area contributed by atoms with Gasteiger partial charge in [0, 0.05) is 35.3 Å². The minimum Gasteiger partial charge on any atom is -0.492 e. The molecule has 3 aromatic carbocycles. The quantitative estimate of drug-likeness (QED) is 0.339. The molecule has 244 valence electrons. The van der Waals surface area contributed by atoms with Gasteiger partial charge in [0.1, 0.15) is 31.4 Å². The molecule has 3 heterocycles. The molecular formula is C34H35ClN6O6. The van der Waals surface area contributed by atoms with Crippen molar-refractivity contribution in [3.8, 4) is 28.6 Å². The number of carbonyl (C=O) groups is 3. The van der Waals surface area contributed by atoms with E-state index in [4.69, 9.17) is 35.9 Å². The van der Waals surface area contributed by atoms with Gasteiger partial charge in [-0.25, -0.2) is 9.67 Å². The Morgan fingerprint density at radius 2 is 1.70 bits per heavy atom. The van der Waals surface area contributed by atoms with Crippen molar-refractivity contribution in [3.05, 3.63) is 88.7 Å². The van der Waals surface area contributed by atoms with Crippen LogP contribution in [0, 0.1) is 0 Å². The van der Waals surface area contributed by atoms with Crippen molar-refractivity contribution in [2.24, 2.45) is 0 Å². The van der Waals surface area contributed by atoms with E-state index in [-0.39, 0.29) is 43.8 Å². The van der Waals surface area contributed by atoms with Crippen LogP contribution in [0.25, 0.3) is 11.4 Å². The summed E-state index contributed by atoms with van der Waals surface area (Å²) in [5, 5.41) is 11.0. The number of hydrogen-bond acceptors (Lipinski definition) is 8. The van der Waals surface area contributed by atoms with Gasteiger partial charge in [0.15, 0.2) is 17.3 Å². The number of ether oxygens (including phenoxy) is 3. The topological polar surface area (TPSA) is 137 Å². The van der Waals surface area contributed by atoms with E-state index in [1.54, 1.807) is 41.1 Å². The molecule has 12 nitrogen and oxygen atoms in total. The Labute approximate surface area is 277 Å². The maximum absolute atomic E-state index is 13.7. The molecule has 0 fully saturated rings. The van der Waals surface area contributed by atoms with E-state index in [1.807, 2.05) is 37.3 Å². The monoisotopic (exact) mass is 658 g/mol. The molecule has 47 heavy (non-hydrogen) atoms. The van der Waals surface area contributed by atoms with Gasteiger partial charge < -0.3 is 29.7 Å². The van der Waals surface area contributed by atoms with Crippen LogP contribution in [0.15, 0.2) is 66.7 Å². The third kappa shape index (κ3) is 7.83. The lowest BCUT2D eigenvalue weighted by molar-refractivity contribution is -0.135. The summed E-state index contributed by atoms with van der Waals surface area (Å²) in [6, 6.07) is 19.3. The molecule has 3 amide bonds. The maximum atomic E-state index is 13.7. The van der Waals surface area contributed by atoms with Crippen LogP contribution in [0.5, 0.6) is 17.2 Å². The van der Waals surface area contributed by atoms with Crippen molar-refractivity contribution in [1.29, 1.82) is 0 Å². The number of rotatable bonds is 3. The maximum Gasteiger partial charge on any atom is 0.251 e. The summed E-state index contributed by atoms with van der Waals surface area (Å²) in [5.74, 6) is 1.70. The fraction of sp³-hybridized carbons (Fsp3) is 0.324. The Morgan fingerprint density at radius 3 is 2.51 bits per heavy atom. The second-order valence-electron chi connectivity index (χ2n) is 11.2. The predicted molar refractivity (Wildman–Crippen MR) is 174 cm³/mol. The number of aromatic nitrogens is 3. The summed E-state index contributed by atoms with van der Waals surface area (Å²) < 4.78 is 19.0. The van der Waals surface area contributed by atoms with E-state index in [2.05, 4.69) is 10.6 Å². The number of nitrogens with zero attached hydrogens (tertiary/aromatic N) is 4. The first-order valence-electron chi connectivity index (χ1n) is 15.5. The molecule has 2 aliphatic rings. The smallest absolute Gasteiger partial charge is 0.251 e. The van der Waals surface area contributed by atoms with Gasteiger partial charge in [0.25, 0.3) is 5.91 Å². The first-order valence-corrected chi connectivity index (χ1v) is 15.9. The average Bonchev–Trinajstić information content (AvgIpc) is 3.51. The first-order chi connectivity index (χ1) is 22.8. The van der Waals surface area contributed by atoms with Crippen molar-refractivity contribution >= 4 is 29.3 Å². The molecule has 2 aliphatic heterocycles. The Bertz CT molecular complexity index is 1760. The van der Waals surface area contributed by atoms with Crippen molar-refractivity contribution < 1.29 is 28.6 Å². The molecular weight excluding hydrogens is 624 g/mol. The van der Waals surface area contributed by atoms with Crippen LogP contribution in [-0.4, -0.2) is 76.8 Å². The van der Waals surface area contributed by atoms with Crippen LogP contribution in [0.2, 0.25) is 5.02 Å². The van der Waals surface area contributed by atoms with Crippen molar-refractivity contribution in [2.45, 2.75) is 32.4 Å². The largest absolute Gasteiger partial charge is 0.492 e. The molecule has 13 heteroatoms. The molecule has 1 aromatic heterocycles. The van der Waals surface area contributed by atoms with Crippen LogP contribution >= 0.6 is 11.6 Å². The van der Waals surface area contributed by atoms with Gasteiger partial charge in [-0.1, -0.05) is 48.0 Å². The highest BCUT2D eigenvalue weighted by molar-refractivity contribution is 6.31. The van der Waals surface area contributed by atoms with Crippen LogP contribution in [0.1, 0.15) is 41.1 Å². The fourth-order valence-electron chi connectivity index (χ4n) is 5.43. The lowest BCUT2D eigenvalue weighted by atomic mass is 10.1. The fourth-order valence-corrected chi connectivity index (χ4v) is 5.65.